The van der Waals surface area contributed by atoms with Gasteiger partial charge in [-0.1, -0.05) is 0 Å². The van der Waals surface area contributed by atoms with Gasteiger partial charge in [0.2, 0.25) is 0 Å². The zero-order valence-electron chi connectivity index (χ0n) is 7.25. The standard InChI is InChI=1S/C8H12FN3O/c1-13-7-3-2-5(9)4-6(7)8(10)12-11/h2-4,8,12H,10-11H2,1H3. The zero-order chi connectivity index (χ0) is 9.84. The average molecular weight is 185 g/mol. The largest absolute Gasteiger partial charge is 0.496 e. The fraction of sp³-hybridized carbons (Fsp3) is 0.250. The first-order valence-electron chi connectivity index (χ1n) is 3.74. The van der Waals surface area contributed by atoms with Crippen LogP contribution in [-0.2, 0) is 0 Å². The summed E-state index contributed by atoms with van der Waals surface area (Å²) < 4.78 is 17.8. The van der Waals surface area contributed by atoms with E-state index in [1.54, 1.807) is 0 Å². The molecule has 1 aromatic rings. The number of halogens is 1. The number of nitrogens with one attached hydrogen (secondary N) is 1. The highest BCUT2D eigenvalue weighted by atomic mass is 19.1. The van der Waals surface area contributed by atoms with Crippen molar-refractivity contribution in [1.29, 1.82) is 0 Å². The normalized spacial score (nSPS) is 12.6. The maximum atomic E-state index is 12.8. The molecule has 13 heavy (non-hydrogen) atoms. The van der Waals surface area contributed by atoms with E-state index >= 15 is 0 Å². The third kappa shape index (κ3) is 2.15. The fourth-order valence-electron chi connectivity index (χ4n) is 1.04. The van der Waals surface area contributed by atoms with Crippen molar-refractivity contribution >= 4 is 0 Å². The number of hydrazine groups is 1. The van der Waals surface area contributed by atoms with E-state index in [1.165, 1.54) is 25.3 Å². The van der Waals surface area contributed by atoms with Gasteiger partial charge >= 0.3 is 0 Å². The molecule has 0 saturated carbocycles. The molecule has 0 aliphatic carbocycles. The van der Waals surface area contributed by atoms with E-state index in [1.807, 2.05) is 0 Å². The predicted octanol–water partition coefficient (Wildman–Crippen LogP) is 0.255. The number of hydrogen-bond donors (Lipinski definition) is 3. The van der Waals surface area contributed by atoms with E-state index in [0.717, 1.165) is 0 Å². The van der Waals surface area contributed by atoms with Crippen molar-refractivity contribution in [3.63, 3.8) is 0 Å². The molecule has 0 aromatic heterocycles. The topological polar surface area (TPSA) is 73.3 Å². The van der Waals surface area contributed by atoms with E-state index in [2.05, 4.69) is 5.43 Å². The summed E-state index contributed by atoms with van der Waals surface area (Å²) >= 11 is 0. The average Bonchev–Trinajstić information content (AvgIpc) is 2.16. The van der Waals surface area contributed by atoms with Crippen LogP contribution in [0.25, 0.3) is 0 Å². The Bertz CT molecular complexity index is 293. The van der Waals surface area contributed by atoms with E-state index < -0.39 is 6.17 Å². The summed E-state index contributed by atoms with van der Waals surface area (Å²) in [5, 5.41) is 0. The van der Waals surface area contributed by atoms with Crippen molar-refractivity contribution < 1.29 is 9.13 Å². The van der Waals surface area contributed by atoms with Crippen molar-refractivity contribution in [3.8, 4) is 5.75 Å². The second-order valence-electron chi connectivity index (χ2n) is 2.53. The number of hydrogen-bond acceptors (Lipinski definition) is 4. The molecule has 1 atom stereocenters. The van der Waals surface area contributed by atoms with Crippen LogP contribution >= 0.6 is 0 Å². The Morgan fingerprint density at radius 1 is 1.54 bits per heavy atom. The minimum Gasteiger partial charge on any atom is -0.496 e. The molecule has 4 nitrogen and oxygen atoms in total. The highest BCUT2D eigenvalue weighted by Gasteiger charge is 2.10. The van der Waals surface area contributed by atoms with Gasteiger partial charge in [-0.15, -0.1) is 0 Å². The molecule has 0 aliphatic rings. The zero-order valence-corrected chi connectivity index (χ0v) is 7.25. The Morgan fingerprint density at radius 2 is 2.23 bits per heavy atom. The van der Waals surface area contributed by atoms with Gasteiger partial charge in [0.05, 0.1) is 13.3 Å². The minimum atomic E-state index is -0.634. The van der Waals surface area contributed by atoms with Crippen LogP contribution < -0.4 is 21.7 Å². The molecule has 5 N–H and O–H groups in total. The van der Waals surface area contributed by atoms with Crippen LogP contribution in [0.2, 0.25) is 0 Å². The fourth-order valence-corrected chi connectivity index (χ4v) is 1.04. The van der Waals surface area contributed by atoms with Crippen LogP contribution in [-0.4, -0.2) is 7.11 Å². The van der Waals surface area contributed by atoms with E-state index in [4.69, 9.17) is 16.3 Å². The van der Waals surface area contributed by atoms with Gasteiger partial charge in [-0.3, -0.25) is 5.84 Å². The summed E-state index contributed by atoms with van der Waals surface area (Å²) in [4.78, 5) is 0. The summed E-state index contributed by atoms with van der Waals surface area (Å²) in [6.07, 6.45) is -0.634. The maximum Gasteiger partial charge on any atom is 0.125 e. The van der Waals surface area contributed by atoms with E-state index in [0.29, 0.717) is 11.3 Å². The van der Waals surface area contributed by atoms with Crippen molar-refractivity contribution in [2.75, 3.05) is 7.11 Å². The molecule has 0 bridgehead atoms. The molecular weight excluding hydrogens is 173 g/mol. The predicted molar refractivity (Wildman–Crippen MR) is 47.2 cm³/mol. The van der Waals surface area contributed by atoms with Gasteiger partial charge in [-0.25, -0.2) is 9.82 Å². The summed E-state index contributed by atoms with van der Waals surface area (Å²) in [6.45, 7) is 0. The van der Waals surface area contributed by atoms with Crippen LogP contribution in [0.15, 0.2) is 18.2 Å². The first-order chi connectivity index (χ1) is 6.19. The molecule has 0 aliphatic heterocycles. The Kier molecular flexibility index (Phi) is 3.18. The highest BCUT2D eigenvalue weighted by Crippen LogP contribution is 2.22. The van der Waals surface area contributed by atoms with Crippen molar-refractivity contribution in [1.82, 2.24) is 5.43 Å². The SMILES string of the molecule is COc1ccc(F)cc1C(N)NN. The number of benzene rings is 1. The number of methoxy groups -OCH3 is 1. The number of ether oxygens (including phenoxy) is 1. The molecule has 72 valence electrons. The van der Waals surface area contributed by atoms with Crippen LogP contribution in [0.5, 0.6) is 5.75 Å². The van der Waals surface area contributed by atoms with Gasteiger partial charge in [0.25, 0.3) is 0 Å². The molecule has 5 heteroatoms. The Morgan fingerprint density at radius 3 is 2.77 bits per heavy atom. The minimum absolute atomic E-state index is 0.374. The second kappa shape index (κ2) is 4.18. The molecule has 1 unspecified atom stereocenters. The lowest BCUT2D eigenvalue weighted by Crippen LogP contribution is -2.34. The van der Waals surface area contributed by atoms with Gasteiger partial charge in [-0.2, -0.15) is 0 Å². The number of nitrogens with two attached hydrogens (primary N) is 2. The van der Waals surface area contributed by atoms with Gasteiger partial charge in [0.15, 0.2) is 0 Å². The third-order valence-electron chi connectivity index (χ3n) is 1.71. The molecule has 0 radical (unpaired) electrons. The Labute approximate surface area is 75.6 Å². The highest BCUT2D eigenvalue weighted by molar-refractivity contribution is 5.35. The molecule has 0 spiro atoms. The number of rotatable bonds is 3. The van der Waals surface area contributed by atoms with Crippen LogP contribution in [0.4, 0.5) is 4.39 Å². The smallest absolute Gasteiger partial charge is 0.125 e. The van der Waals surface area contributed by atoms with Gasteiger partial charge < -0.3 is 10.5 Å². The quantitative estimate of drug-likeness (QED) is 0.358. The molecule has 0 amide bonds. The van der Waals surface area contributed by atoms with E-state index in [-0.39, 0.29) is 5.82 Å². The lowest BCUT2D eigenvalue weighted by atomic mass is 10.1. The van der Waals surface area contributed by atoms with Crippen molar-refractivity contribution in [2.45, 2.75) is 6.17 Å². The summed E-state index contributed by atoms with van der Waals surface area (Å²) in [5.74, 6) is 5.26. The molecule has 0 heterocycles. The molecule has 0 saturated heterocycles. The molecular formula is C8H12FN3O. The Balaban J connectivity index is 3.07. The molecule has 0 fully saturated rings. The van der Waals surface area contributed by atoms with Gasteiger partial charge in [0, 0.05) is 5.56 Å². The summed E-state index contributed by atoms with van der Waals surface area (Å²) in [6, 6.07) is 4.08. The van der Waals surface area contributed by atoms with Crippen LogP contribution in [0.1, 0.15) is 11.7 Å². The van der Waals surface area contributed by atoms with Crippen LogP contribution in [0, 0.1) is 5.82 Å². The lowest BCUT2D eigenvalue weighted by Gasteiger charge is -2.14. The molecule has 1 aromatic carbocycles. The van der Waals surface area contributed by atoms with Crippen LogP contribution in [0.3, 0.4) is 0 Å². The maximum absolute atomic E-state index is 12.8. The third-order valence-corrected chi connectivity index (χ3v) is 1.71. The lowest BCUT2D eigenvalue weighted by molar-refractivity contribution is 0.399. The molecule has 1 rings (SSSR count). The van der Waals surface area contributed by atoms with Crippen molar-refractivity contribution in [2.24, 2.45) is 11.6 Å². The first-order valence-corrected chi connectivity index (χ1v) is 3.74. The first kappa shape index (κ1) is 9.91. The van der Waals surface area contributed by atoms with Gasteiger partial charge in [-0.05, 0) is 18.2 Å². The van der Waals surface area contributed by atoms with Crippen molar-refractivity contribution in [3.05, 3.63) is 29.6 Å². The van der Waals surface area contributed by atoms with Gasteiger partial charge in [0.1, 0.15) is 11.6 Å². The summed E-state index contributed by atoms with van der Waals surface area (Å²) in [5.41, 5.74) is 8.36. The monoisotopic (exact) mass is 185 g/mol. The van der Waals surface area contributed by atoms with E-state index in [9.17, 15) is 4.39 Å². The Hall–Kier alpha value is -1.17. The summed E-state index contributed by atoms with van der Waals surface area (Å²) in [7, 11) is 1.49. The second-order valence-corrected chi connectivity index (χ2v) is 2.53.